The van der Waals surface area contributed by atoms with Gasteiger partial charge in [0.15, 0.2) is 5.13 Å². The predicted molar refractivity (Wildman–Crippen MR) is 110 cm³/mol. The molecule has 0 bridgehead atoms. The van der Waals surface area contributed by atoms with Gasteiger partial charge in [-0.05, 0) is 55.0 Å². The van der Waals surface area contributed by atoms with Gasteiger partial charge in [0.05, 0.1) is 5.69 Å². The number of nitrogens with one attached hydrogen (secondary N) is 1. The highest BCUT2D eigenvalue weighted by Gasteiger charge is 2.14. The van der Waals surface area contributed by atoms with Crippen LogP contribution in [0.4, 0.5) is 5.13 Å². The van der Waals surface area contributed by atoms with Crippen LogP contribution >= 0.6 is 11.3 Å². The van der Waals surface area contributed by atoms with Crippen LogP contribution in [0, 0.1) is 20.8 Å². The third-order valence-corrected chi connectivity index (χ3v) is 5.49. The van der Waals surface area contributed by atoms with E-state index in [4.69, 9.17) is 0 Å². The summed E-state index contributed by atoms with van der Waals surface area (Å²) in [4.78, 5) is 17.0. The molecule has 3 nitrogen and oxygen atoms in total. The molecule has 3 rings (SSSR count). The van der Waals surface area contributed by atoms with Gasteiger partial charge >= 0.3 is 0 Å². The van der Waals surface area contributed by atoms with E-state index in [0.717, 1.165) is 11.3 Å². The quantitative estimate of drug-likeness (QED) is 0.615. The van der Waals surface area contributed by atoms with Gasteiger partial charge in [0.2, 0.25) is 5.91 Å². The first kappa shape index (κ1) is 18.3. The minimum Gasteiger partial charge on any atom is -0.302 e. The second kappa shape index (κ2) is 7.83. The van der Waals surface area contributed by atoms with Crippen molar-refractivity contribution in [1.29, 1.82) is 0 Å². The molecule has 1 atom stereocenters. The third-order valence-electron chi connectivity index (χ3n) is 4.73. The van der Waals surface area contributed by atoms with Crippen LogP contribution in [0.1, 0.15) is 41.5 Å². The summed E-state index contributed by atoms with van der Waals surface area (Å²) in [7, 11) is 0. The van der Waals surface area contributed by atoms with E-state index in [2.05, 4.69) is 62.3 Å². The first-order valence-electron chi connectivity index (χ1n) is 8.82. The molecule has 1 aromatic heterocycles. The highest BCUT2D eigenvalue weighted by atomic mass is 32.1. The van der Waals surface area contributed by atoms with Crippen LogP contribution in [-0.4, -0.2) is 10.9 Å². The van der Waals surface area contributed by atoms with Crippen molar-refractivity contribution in [3.05, 3.63) is 70.1 Å². The summed E-state index contributed by atoms with van der Waals surface area (Å²) in [5, 5.41) is 5.61. The highest BCUT2D eigenvalue weighted by molar-refractivity contribution is 7.14. The smallest absolute Gasteiger partial charge is 0.226 e. The second-order valence-electron chi connectivity index (χ2n) is 6.85. The summed E-state index contributed by atoms with van der Waals surface area (Å²) in [5.41, 5.74) is 6.96. The highest BCUT2D eigenvalue weighted by Crippen LogP contribution is 2.30. The number of amides is 1. The maximum absolute atomic E-state index is 12.4. The SMILES string of the molecule is Cc1cc(C)c(-c2csc(NC(=O)C[C@H](C)c3ccccc3)n2)cc1C. The van der Waals surface area contributed by atoms with Crippen molar-refractivity contribution in [2.45, 2.75) is 40.0 Å². The van der Waals surface area contributed by atoms with E-state index in [1.165, 1.54) is 33.6 Å². The molecule has 1 amide bonds. The Kier molecular flexibility index (Phi) is 5.52. The Labute approximate surface area is 159 Å². The molecule has 0 radical (unpaired) electrons. The van der Waals surface area contributed by atoms with Crippen LogP contribution in [0.5, 0.6) is 0 Å². The number of anilines is 1. The molecule has 3 aromatic rings. The van der Waals surface area contributed by atoms with Crippen LogP contribution in [-0.2, 0) is 4.79 Å². The van der Waals surface area contributed by atoms with E-state index in [9.17, 15) is 4.79 Å². The minimum absolute atomic E-state index is 0.000869. The average Bonchev–Trinajstić information content (AvgIpc) is 3.06. The number of hydrogen-bond acceptors (Lipinski definition) is 3. The molecule has 0 aliphatic heterocycles. The molecular formula is C22H24N2OS. The number of aromatic nitrogens is 1. The Morgan fingerprint density at radius 1 is 1.08 bits per heavy atom. The van der Waals surface area contributed by atoms with Crippen LogP contribution < -0.4 is 5.32 Å². The molecule has 0 saturated carbocycles. The lowest BCUT2D eigenvalue weighted by Gasteiger charge is -2.11. The number of nitrogens with zero attached hydrogens (tertiary/aromatic N) is 1. The largest absolute Gasteiger partial charge is 0.302 e. The van der Waals surface area contributed by atoms with Gasteiger partial charge in [0, 0.05) is 17.4 Å². The summed E-state index contributed by atoms with van der Waals surface area (Å²) in [6, 6.07) is 14.5. The number of benzene rings is 2. The number of rotatable bonds is 5. The summed E-state index contributed by atoms with van der Waals surface area (Å²) in [6.07, 6.45) is 0.446. The maximum Gasteiger partial charge on any atom is 0.226 e. The number of aryl methyl sites for hydroxylation is 3. The van der Waals surface area contributed by atoms with E-state index < -0.39 is 0 Å². The molecule has 4 heteroatoms. The van der Waals surface area contributed by atoms with Crippen molar-refractivity contribution < 1.29 is 4.79 Å². The Morgan fingerprint density at radius 2 is 1.77 bits per heavy atom. The van der Waals surface area contributed by atoms with Crippen LogP contribution in [0.15, 0.2) is 47.8 Å². The van der Waals surface area contributed by atoms with Gasteiger partial charge in [-0.25, -0.2) is 4.98 Å². The third kappa shape index (κ3) is 4.20. The zero-order valence-electron chi connectivity index (χ0n) is 15.7. The molecule has 2 aromatic carbocycles. The lowest BCUT2D eigenvalue weighted by molar-refractivity contribution is -0.116. The summed E-state index contributed by atoms with van der Waals surface area (Å²) < 4.78 is 0. The van der Waals surface area contributed by atoms with Crippen molar-refractivity contribution in [2.75, 3.05) is 5.32 Å². The van der Waals surface area contributed by atoms with E-state index in [1.807, 2.05) is 23.6 Å². The zero-order chi connectivity index (χ0) is 18.7. The normalized spacial score (nSPS) is 12.0. The lowest BCUT2D eigenvalue weighted by atomic mass is 9.98. The van der Waals surface area contributed by atoms with E-state index in [1.54, 1.807) is 0 Å². The van der Waals surface area contributed by atoms with Crippen LogP contribution in [0.3, 0.4) is 0 Å². The Hall–Kier alpha value is -2.46. The van der Waals surface area contributed by atoms with Gasteiger partial charge in [-0.15, -0.1) is 11.3 Å². The van der Waals surface area contributed by atoms with Gasteiger partial charge in [-0.3, -0.25) is 4.79 Å². The molecule has 134 valence electrons. The number of hydrogen-bond donors (Lipinski definition) is 1. The van der Waals surface area contributed by atoms with Gasteiger partial charge < -0.3 is 5.32 Å². The molecule has 1 heterocycles. The van der Waals surface area contributed by atoms with Gasteiger partial charge in [0.1, 0.15) is 0 Å². The van der Waals surface area contributed by atoms with Crippen molar-refractivity contribution in [3.8, 4) is 11.3 Å². The summed E-state index contributed by atoms with van der Waals surface area (Å²) >= 11 is 1.47. The molecule has 26 heavy (non-hydrogen) atoms. The number of carbonyl (C=O) groups is 1. The fraction of sp³-hybridized carbons (Fsp3) is 0.273. The molecule has 0 unspecified atom stereocenters. The monoisotopic (exact) mass is 364 g/mol. The topological polar surface area (TPSA) is 42.0 Å². The van der Waals surface area contributed by atoms with E-state index in [-0.39, 0.29) is 11.8 Å². The minimum atomic E-state index is -0.000869. The van der Waals surface area contributed by atoms with Crippen molar-refractivity contribution >= 4 is 22.4 Å². The van der Waals surface area contributed by atoms with Crippen molar-refractivity contribution in [1.82, 2.24) is 4.98 Å². The zero-order valence-corrected chi connectivity index (χ0v) is 16.5. The second-order valence-corrected chi connectivity index (χ2v) is 7.71. The van der Waals surface area contributed by atoms with Crippen LogP contribution in [0.25, 0.3) is 11.3 Å². The molecule has 0 aliphatic carbocycles. The average molecular weight is 365 g/mol. The van der Waals surface area contributed by atoms with Gasteiger partial charge in [0.25, 0.3) is 0 Å². The van der Waals surface area contributed by atoms with E-state index in [0.29, 0.717) is 11.6 Å². The van der Waals surface area contributed by atoms with Crippen molar-refractivity contribution in [2.24, 2.45) is 0 Å². The fourth-order valence-corrected chi connectivity index (χ4v) is 3.77. The van der Waals surface area contributed by atoms with E-state index >= 15 is 0 Å². The molecule has 0 saturated heterocycles. The Bertz CT molecular complexity index is 915. The Balaban J connectivity index is 1.69. The van der Waals surface area contributed by atoms with Crippen LogP contribution in [0.2, 0.25) is 0 Å². The number of thiazole rings is 1. The van der Waals surface area contributed by atoms with Crippen molar-refractivity contribution in [3.63, 3.8) is 0 Å². The van der Waals surface area contributed by atoms with Gasteiger partial charge in [-0.1, -0.05) is 43.3 Å². The molecule has 0 spiro atoms. The first-order valence-corrected chi connectivity index (χ1v) is 9.70. The molecule has 1 N–H and O–H groups in total. The maximum atomic E-state index is 12.4. The lowest BCUT2D eigenvalue weighted by Crippen LogP contribution is -2.14. The molecule has 0 aliphatic rings. The summed E-state index contributed by atoms with van der Waals surface area (Å²) in [5.74, 6) is 0.177. The predicted octanol–water partition coefficient (Wildman–Crippen LogP) is 5.87. The summed E-state index contributed by atoms with van der Waals surface area (Å²) in [6.45, 7) is 8.40. The van der Waals surface area contributed by atoms with Gasteiger partial charge in [-0.2, -0.15) is 0 Å². The molecule has 0 fully saturated rings. The number of carbonyl (C=O) groups excluding carboxylic acids is 1. The first-order chi connectivity index (χ1) is 12.4. The molecular weight excluding hydrogens is 340 g/mol. The standard InChI is InChI=1S/C22H24N2OS/c1-14-10-17(4)19(11-15(14)2)20-13-26-22(23-20)24-21(25)12-16(3)18-8-6-5-7-9-18/h5-11,13,16H,12H2,1-4H3,(H,23,24,25)/t16-/m0/s1. The fourth-order valence-electron chi connectivity index (χ4n) is 3.04. The Morgan fingerprint density at radius 3 is 2.50 bits per heavy atom.